The summed E-state index contributed by atoms with van der Waals surface area (Å²) >= 11 is 0. The second-order valence-electron chi connectivity index (χ2n) is 5.14. The van der Waals surface area contributed by atoms with E-state index in [9.17, 15) is 0 Å². The number of ether oxygens (including phenoxy) is 1. The lowest BCUT2D eigenvalue weighted by Gasteiger charge is -2.27. The highest BCUT2D eigenvalue weighted by molar-refractivity contribution is 5.21. The molecule has 0 saturated carbocycles. The van der Waals surface area contributed by atoms with Gasteiger partial charge in [0.05, 0.1) is 0 Å². The zero-order valence-corrected chi connectivity index (χ0v) is 10.7. The van der Waals surface area contributed by atoms with Gasteiger partial charge < -0.3 is 10.5 Å². The van der Waals surface area contributed by atoms with Crippen LogP contribution in [0.3, 0.4) is 0 Å². The monoisotopic (exact) mass is 233 g/mol. The predicted octanol–water partition coefficient (Wildman–Crippen LogP) is 2.68. The first-order valence-corrected chi connectivity index (χ1v) is 6.64. The summed E-state index contributed by atoms with van der Waals surface area (Å²) in [6.45, 7) is 3.91. The molecule has 0 aliphatic carbocycles. The van der Waals surface area contributed by atoms with Gasteiger partial charge in [-0.25, -0.2) is 0 Å². The Morgan fingerprint density at radius 1 is 1.24 bits per heavy atom. The van der Waals surface area contributed by atoms with Crippen molar-refractivity contribution >= 4 is 0 Å². The molecule has 0 bridgehead atoms. The quantitative estimate of drug-likeness (QED) is 0.867. The van der Waals surface area contributed by atoms with E-state index in [1.54, 1.807) is 0 Å². The van der Waals surface area contributed by atoms with Crippen LogP contribution in [-0.4, -0.2) is 19.3 Å². The molecule has 2 nitrogen and oxygen atoms in total. The lowest BCUT2D eigenvalue weighted by Crippen LogP contribution is -2.34. The molecule has 2 N–H and O–H groups in total. The summed E-state index contributed by atoms with van der Waals surface area (Å²) in [6.07, 6.45) is 4.46. The standard InChI is InChI=1S/C15H23NO/c1-12-2-4-13(5-3-12)6-7-15(16)14-8-10-17-11-9-14/h2-5,14-15H,6-11,16H2,1H3. The van der Waals surface area contributed by atoms with E-state index in [2.05, 4.69) is 31.2 Å². The molecule has 17 heavy (non-hydrogen) atoms. The van der Waals surface area contributed by atoms with E-state index in [-0.39, 0.29) is 0 Å². The van der Waals surface area contributed by atoms with Gasteiger partial charge in [0.2, 0.25) is 0 Å². The molecule has 1 aromatic carbocycles. The molecule has 1 fully saturated rings. The maximum absolute atomic E-state index is 6.27. The molecular weight excluding hydrogens is 210 g/mol. The highest BCUT2D eigenvalue weighted by atomic mass is 16.5. The first kappa shape index (κ1) is 12.6. The van der Waals surface area contributed by atoms with Crippen molar-refractivity contribution in [3.05, 3.63) is 35.4 Å². The van der Waals surface area contributed by atoms with Crippen LogP contribution in [0.25, 0.3) is 0 Å². The van der Waals surface area contributed by atoms with Gasteiger partial charge in [-0.05, 0) is 44.1 Å². The second-order valence-corrected chi connectivity index (χ2v) is 5.14. The second kappa shape index (κ2) is 6.18. The number of hydrogen-bond acceptors (Lipinski definition) is 2. The SMILES string of the molecule is Cc1ccc(CCC(N)C2CCOCC2)cc1. The average molecular weight is 233 g/mol. The van der Waals surface area contributed by atoms with Crippen LogP contribution in [0.1, 0.15) is 30.4 Å². The van der Waals surface area contributed by atoms with E-state index >= 15 is 0 Å². The maximum Gasteiger partial charge on any atom is 0.0469 e. The predicted molar refractivity (Wildman–Crippen MR) is 71.0 cm³/mol. The van der Waals surface area contributed by atoms with Crippen LogP contribution in [0.4, 0.5) is 0 Å². The molecule has 1 atom stereocenters. The molecular formula is C15H23NO. The molecule has 1 aliphatic rings. The Hall–Kier alpha value is -0.860. The fourth-order valence-electron chi connectivity index (χ4n) is 2.47. The summed E-state index contributed by atoms with van der Waals surface area (Å²) in [5, 5.41) is 0. The van der Waals surface area contributed by atoms with Crippen molar-refractivity contribution in [3.8, 4) is 0 Å². The molecule has 94 valence electrons. The van der Waals surface area contributed by atoms with Crippen molar-refractivity contribution in [1.29, 1.82) is 0 Å². The van der Waals surface area contributed by atoms with Crippen molar-refractivity contribution in [2.75, 3.05) is 13.2 Å². The van der Waals surface area contributed by atoms with E-state index < -0.39 is 0 Å². The Morgan fingerprint density at radius 2 is 1.88 bits per heavy atom. The molecule has 1 aliphatic heterocycles. The van der Waals surface area contributed by atoms with Crippen LogP contribution in [-0.2, 0) is 11.2 Å². The summed E-state index contributed by atoms with van der Waals surface area (Å²) in [5.41, 5.74) is 8.99. The Kier molecular flexibility index (Phi) is 4.57. The van der Waals surface area contributed by atoms with E-state index in [0.29, 0.717) is 12.0 Å². The Morgan fingerprint density at radius 3 is 2.53 bits per heavy atom. The third-order valence-corrected chi connectivity index (χ3v) is 3.76. The Balaban J connectivity index is 1.78. The van der Waals surface area contributed by atoms with Gasteiger partial charge in [0.15, 0.2) is 0 Å². The third kappa shape index (κ3) is 3.83. The zero-order chi connectivity index (χ0) is 12.1. The maximum atomic E-state index is 6.27. The lowest BCUT2D eigenvalue weighted by molar-refractivity contribution is 0.0576. The molecule has 0 radical (unpaired) electrons. The zero-order valence-electron chi connectivity index (χ0n) is 10.7. The smallest absolute Gasteiger partial charge is 0.0469 e. The molecule has 1 saturated heterocycles. The van der Waals surface area contributed by atoms with Crippen molar-refractivity contribution in [3.63, 3.8) is 0 Å². The number of aryl methyl sites for hydroxylation is 2. The molecule has 1 heterocycles. The molecule has 0 spiro atoms. The summed E-state index contributed by atoms with van der Waals surface area (Å²) in [5.74, 6) is 0.661. The number of rotatable bonds is 4. The Labute approximate surface area is 104 Å². The van der Waals surface area contributed by atoms with Gasteiger partial charge in [0, 0.05) is 19.3 Å². The summed E-state index contributed by atoms with van der Waals surface area (Å²) in [7, 11) is 0. The van der Waals surface area contributed by atoms with Crippen LogP contribution in [0.2, 0.25) is 0 Å². The van der Waals surface area contributed by atoms with E-state index in [1.807, 2.05) is 0 Å². The summed E-state index contributed by atoms with van der Waals surface area (Å²) in [6, 6.07) is 9.11. The van der Waals surface area contributed by atoms with Gasteiger partial charge in [-0.15, -0.1) is 0 Å². The molecule has 0 amide bonds. The normalized spacial score (nSPS) is 19.2. The third-order valence-electron chi connectivity index (χ3n) is 3.76. The van der Waals surface area contributed by atoms with Gasteiger partial charge in [-0.2, -0.15) is 0 Å². The van der Waals surface area contributed by atoms with E-state index in [0.717, 1.165) is 38.9 Å². The minimum Gasteiger partial charge on any atom is -0.381 e. The van der Waals surface area contributed by atoms with Gasteiger partial charge in [0.25, 0.3) is 0 Å². The fourth-order valence-corrected chi connectivity index (χ4v) is 2.47. The highest BCUT2D eigenvalue weighted by Crippen LogP contribution is 2.20. The van der Waals surface area contributed by atoms with Crippen molar-refractivity contribution in [2.24, 2.45) is 11.7 Å². The van der Waals surface area contributed by atoms with Gasteiger partial charge in [0.1, 0.15) is 0 Å². The van der Waals surface area contributed by atoms with E-state index in [4.69, 9.17) is 10.5 Å². The summed E-state index contributed by atoms with van der Waals surface area (Å²) < 4.78 is 5.37. The van der Waals surface area contributed by atoms with Crippen LogP contribution in [0, 0.1) is 12.8 Å². The lowest BCUT2D eigenvalue weighted by atomic mass is 9.88. The minimum atomic E-state index is 0.334. The molecule has 1 aromatic rings. The van der Waals surface area contributed by atoms with Gasteiger partial charge in [-0.3, -0.25) is 0 Å². The first-order chi connectivity index (χ1) is 8.25. The van der Waals surface area contributed by atoms with Crippen LogP contribution in [0.5, 0.6) is 0 Å². The Bertz CT molecular complexity index is 327. The molecule has 1 unspecified atom stereocenters. The topological polar surface area (TPSA) is 35.2 Å². The van der Waals surface area contributed by atoms with Crippen LogP contribution < -0.4 is 5.73 Å². The van der Waals surface area contributed by atoms with Gasteiger partial charge >= 0.3 is 0 Å². The summed E-state index contributed by atoms with van der Waals surface area (Å²) in [4.78, 5) is 0. The van der Waals surface area contributed by atoms with Crippen molar-refractivity contribution in [1.82, 2.24) is 0 Å². The number of nitrogens with two attached hydrogens (primary N) is 1. The molecule has 2 heteroatoms. The van der Waals surface area contributed by atoms with Crippen molar-refractivity contribution in [2.45, 2.75) is 38.6 Å². The number of hydrogen-bond donors (Lipinski definition) is 1. The van der Waals surface area contributed by atoms with Crippen LogP contribution in [0.15, 0.2) is 24.3 Å². The fraction of sp³-hybridized carbons (Fsp3) is 0.600. The largest absolute Gasteiger partial charge is 0.381 e. The first-order valence-electron chi connectivity index (χ1n) is 6.64. The van der Waals surface area contributed by atoms with E-state index in [1.165, 1.54) is 11.1 Å². The van der Waals surface area contributed by atoms with Gasteiger partial charge in [-0.1, -0.05) is 29.8 Å². The minimum absolute atomic E-state index is 0.334. The highest BCUT2D eigenvalue weighted by Gasteiger charge is 2.20. The average Bonchev–Trinajstić information content (AvgIpc) is 2.39. The number of benzene rings is 1. The van der Waals surface area contributed by atoms with Crippen LogP contribution >= 0.6 is 0 Å². The van der Waals surface area contributed by atoms with Crippen molar-refractivity contribution < 1.29 is 4.74 Å². The molecule has 0 aromatic heterocycles. The molecule has 2 rings (SSSR count).